The molecule has 0 N–H and O–H groups in total. The average Bonchev–Trinajstić information content (AvgIpc) is 3.08. The monoisotopic (exact) mass is 425 g/mol. The summed E-state index contributed by atoms with van der Waals surface area (Å²) in [5.74, 6) is -1.42. The predicted molar refractivity (Wildman–Crippen MR) is 115 cm³/mol. The van der Waals surface area contributed by atoms with Gasteiger partial charge < -0.3 is 14.2 Å². The SMILES string of the molecule is C=CC[C@H](C)[C@H](OC)[C@@H](C)C(=O)C(C)(C)[C@@H](OC)[C@H](C)C(=O)N1C(=O)OC[C@@H]1CC. The minimum absolute atomic E-state index is 0.0483. The van der Waals surface area contributed by atoms with Crippen molar-refractivity contribution in [1.29, 1.82) is 0 Å². The number of rotatable bonds is 12. The molecule has 1 saturated heterocycles. The first-order valence-electron chi connectivity index (χ1n) is 10.7. The van der Waals surface area contributed by atoms with Crippen molar-refractivity contribution in [1.82, 2.24) is 4.90 Å². The van der Waals surface area contributed by atoms with Crippen LogP contribution in [-0.4, -0.2) is 61.8 Å². The van der Waals surface area contributed by atoms with Gasteiger partial charge in [0.1, 0.15) is 12.4 Å². The molecule has 7 heteroatoms. The van der Waals surface area contributed by atoms with Gasteiger partial charge in [-0.1, -0.05) is 47.6 Å². The maximum atomic E-state index is 13.5. The highest BCUT2D eigenvalue weighted by Gasteiger charge is 2.49. The number of carbonyl (C=O) groups is 3. The number of methoxy groups -OCH3 is 2. The number of hydrogen-bond acceptors (Lipinski definition) is 6. The molecule has 0 saturated carbocycles. The van der Waals surface area contributed by atoms with Gasteiger partial charge in [-0.25, -0.2) is 9.69 Å². The van der Waals surface area contributed by atoms with Crippen molar-refractivity contribution < 1.29 is 28.6 Å². The fraction of sp³-hybridized carbons (Fsp3) is 0.783. The first kappa shape index (κ1) is 26.3. The third-order valence-electron chi connectivity index (χ3n) is 6.39. The summed E-state index contributed by atoms with van der Waals surface area (Å²) in [5, 5.41) is 0. The molecule has 0 aromatic carbocycles. The molecular formula is C23H39NO6. The molecule has 1 aliphatic heterocycles. The van der Waals surface area contributed by atoms with Crippen molar-refractivity contribution in [2.75, 3.05) is 20.8 Å². The molecule has 0 spiro atoms. The highest BCUT2D eigenvalue weighted by molar-refractivity contribution is 5.96. The number of imide groups is 1. The first-order chi connectivity index (χ1) is 14.0. The molecule has 0 unspecified atom stereocenters. The molecule has 0 bridgehead atoms. The highest BCUT2D eigenvalue weighted by Crippen LogP contribution is 2.36. The van der Waals surface area contributed by atoms with E-state index in [0.29, 0.717) is 6.42 Å². The van der Waals surface area contributed by atoms with Crippen LogP contribution in [0, 0.1) is 23.2 Å². The second-order valence-corrected chi connectivity index (χ2v) is 8.87. The minimum Gasteiger partial charge on any atom is -0.447 e. The summed E-state index contributed by atoms with van der Waals surface area (Å²) in [4.78, 5) is 39.9. The van der Waals surface area contributed by atoms with Crippen LogP contribution in [0.25, 0.3) is 0 Å². The van der Waals surface area contributed by atoms with Crippen molar-refractivity contribution in [3.8, 4) is 0 Å². The maximum Gasteiger partial charge on any atom is 0.416 e. The molecule has 1 rings (SSSR count). The third kappa shape index (κ3) is 5.30. The van der Waals surface area contributed by atoms with E-state index in [1.165, 1.54) is 12.0 Å². The zero-order chi connectivity index (χ0) is 23.2. The maximum absolute atomic E-state index is 13.5. The number of Topliss-reactive ketones (excluding diaryl/α,β-unsaturated/α-hetero) is 1. The highest BCUT2D eigenvalue weighted by atomic mass is 16.6. The Bertz CT molecular complexity index is 631. The summed E-state index contributed by atoms with van der Waals surface area (Å²) in [6.07, 6.45) is 1.53. The van der Waals surface area contributed by atoms with E-state index in [4.69, 9.17) is 14.2 Å². The summed E-state index contributed by atoms with van der Waals surface area (Å²) < 4.78 is 16.4. The van der Waals surface area contributed by atoms with Gasteiger partial charge in [0.05, 0.1) is 29.6 Å². The zero-order valence-corrected chi connectivity index (χ0v) is 19.8. The van der Waals surface area contributed by atoms with Gasteiger partial charge in [-0.3, -0.25) is 9.59 Å². The number of carbonyl (C=O) groups excluding carboxylic acids is 3. The molecule has 172 valence electrons. The number of cyclic esters (lactones) is 1. The molecule has 0 radical (unpaired) electrons. The third-order valence-corrected chi connectivity index (χ3v) is 6.39. The standard InChI is InChI=1S/C23H39NO6/c1-10-12-14(3)18(28-8)15(4)19(25)23(6,7)20(29-9)16(5)21(26)24-17(11-2)13-30-22(24)27/h10,14-18,20H,1,11-13H2,2-9H3/t14-,15+,16-,17-,18-,20-/m0/s1. The number of hydrogen-bond donors (Lipinski definition) is 0. The van der Waals surface area contributed by atoms with Crippen molar-refractivity contribution in [2.45, 2.75) is 72.6 Å². The molecular weight excluding hydrogens is 386 g/mol. The summed E-state index contributed by atoms with van der Waals surface area (Å²) in [6.45, 7) is 15.0. The molecule has 0 aromatic heterocycles. The van der Waals surface area contributed by atoms with Gasteiger partial charge in [-0.05, 0) is 18.8 Å². The number of ether oxygens (including phenoxy) is 3. The molecule has 1 aliphatic rings. The Kier molecular flexibility index (Phi) is 9.69. The Morgan fingerprint density at radius 1 is 1.23 bits per heavy atom. The molecule has 1 fully saturated rings. The zero-order valence-electron chi connectivity index (χ0n) is 19.8. The fourth-order valence-electron chi connectivity index (χ4n) is 4.71. The molecule has 2 amide bonds. The van der Waals surface area contributed by atoms with Crippen LogP contribution in [0.1, 0.15) is 54.4 Å². The van der Waals surface area contributed by atoms with E-state index >= 15 is 0 Å². The van der Waals surface area contributed by atoms with Crippen LogP contribution in [0.3, 0.4) is 0 Å². The smallest absolute Gasteiger partial charge is 0.416 e. The van der Waals surface area contributed by atoms with Gasteiger partial charge in [0.2, 0.25) is 5.91 Å². The van der Waals surface area contributed by atoms with Gasteiger partial charge in [0, 0.05) is 20.1 Å². The van der Waals surface area contributed by atoms with E-state index in [9.17, 15) is 14.4 Å². The van der Waals surface area contributed by atoms with E-state index in [2.05, 4.69) is 6.58 Å². The molecule has 0 aliphatic carbocycles. The Balaban J connectivity index is 3.11. The Morgan fingerprint density at radius 3 is 2.30 bits per heavy atom. The van der Waals surface area contributed by atoms with E-state index < -0.39 is 29.4 Å². The number of ketones is 1. The van der Waals surface area contributed by atoms with Crippen LogP contribution in [0.4, 0.5) is 4.79 Å². The average molecular weight is 426 g/mol. The molecule has 6 atom stereocenters. The van der Waals surface area contributed by atoms with Gasteiger partial charge >= 0.3 is 6.09 Å². The summed E-state index contributed by atoms with van der Waals surface area (Å²) in [6, 6.07) is -0.291. The summed E-state index contributed by atoms with van der Waals surface area (Å²) >= 11 is 0. The lowest BCUT2D eigenvalue weighted by atomic mass is 9.70. The van der Waals surface area contributed by atoms with Crippen LogP contribution in [0.5, 0.6) is 0 Å². The van der Waals surface area contributed by atoms with Gasteiger partial charge in [-0.15, -0.1) is 6.58 Å². The fourth-order valence-corrected chi connectivity index (χ4v) is 4.71. The first-order valence-corrected chi connectivity index (χ1v) is 10.7. The second kappa shape index (κ2) is 11.0. The van der Waals surface area contributed by atoms with Crippen molar-refractivity contribution >= 4 is 17.8 Å². The lowest BCUT2D eigenvalue weighted by Gasteiger charge is -2.39. The summed E-state index contributed by atoms with van der Waals surface area (Å²) in [5.41, 5.74) is -0.973. The molecule has 0 aromatic rings. The molecule has 30 heavy (non-hydrogen) atoms. The Labute approximate surface area is 181 Å². The minimum atomic E-state index is -0.973. The van der Waals surface area contributed by atoms with E-state index in [1.54, 1.807) is 27.9 Å². The van der Waals surface area contributed by atoms with Crippen molar-refractivity contribution in [2.24, 2.45) is 23.2 Å². The van der Waals surface area contributed by atoms with Crippen LogP contribution < -0.4 is 0 Å². The van der Waals surface area contributed by atoms with E-state index in [0.717, 1.165) is 6.42 Å². The van der Waals surface area contributed by atoms with Crippen LogP contribution in [0.15, 0.2) is 12.7 Å². The van der Waals surface area contributed by atoms with Gasteiger partial charge in [-0.2, -0.15) is 0 Å². The Morgan fingerprint density at radius 2 is 1.83 bits per heavy atom. The second-order valence-electron chi connectivity index (χ2n) is 8.87. The van der Waals surface area contributed by atoms with Crippen molar-refractivity contribution in [3.63, 3.8) is 0 Å². The Hall–Kier alpha value is -1.73. The number of allylic oxidation sites excluding steroid dienone is 1. The predicted octanol–water partition coefficient (Wildman–Crippen LogP) is 3.85. The van der Waals surface area contributed by atoms with Gasteiger partial charge in [0.15, 0.2) is 0 Å². The lowest BCUT2D eigenvalue weighted by molar-refractivity contribution is -0.153. The van der Waals surface area contributed by atoms with Crippen LogP contribution in [-0.2, 0) is 23.8 Å². The van der Waals surface area contributed by atoms with E-state index in [1.807, 2.05) is 26.8 Å². The van der Waals surface area contributed by atoms with Gasteiger partial charge in [0.25, 0.3) is 0 Å². The molecule has 7 nitrogen and oxygen atoms in total. The normalized spacial score (nSPS) is 22.1. The van der Waals surface area contributed by atoms with Crippen LogP contribution >= 0.6 is 0 Å². The largest absolute Gasteiger partial charge is 0.447 e. The summed E-state index contributed by atoms with van der Waals surface area (Å²) in [7, 11) is 3.09. The number of nitrogens with zero attached hydrogens (tertiary/aromatic N) is 1. The number of amides is 2. The topological polar surface area (TPSA) is 82.1 Å². The van der Waals surface area contributed by atoms with E-state index in [-0.39, 0.29) is 36.4 Å². The lowest BCUT2D eigenvalue weighted by Crippen LogP contribution is -2.52. The van der Waals surface area contributed by atoms with Crippen molar-refractivity contribution in [3.05, 3.63) is 12.7 Å². The molecule has 1 heterocycles. The van der Waals surface area contributed by atoms with Crippen LogP contribution in [0.2, 0.25) is 0 Å². The quantitative estimate of drug-likeness (QED) is 0.442.